The Morgan fingerprint density at radius 2 is 1.74 bits per heavy atom. The maximum absolute atomic E-state index is 12.3. The van der Waals surface area contributed by atoms with Gasteiger partial charge in [0.05, 0.1) is 0 Å². The number of alkyl halides is 3. The highest BCUT2D eigenvalue weighted by Gasteiger charge is 2.33. The maximum atomic E-state index is 12.3. The van der Waals surface area contributed by atoms with Crippen LogP contribution in [0.25, 0.3) is 0 Å². The van der Waals surface area contributed by atoms with Gasteiger partial charge in [-0.3, -0.25) is 4.68 Å². The minimum atomic E-state index is -4.35. The fourth-order valence-electron chi connectivity index (χ4n) is 1.89. The topological polar surface area (TPSA) is 17.8 Å². The van der Waals surface area contributed by atoms with E-state index in [2.05, 4.69) is 17.2 Å². The number of aromatic nitrogens is 2. The Kier molecular flexibility index (Phi) is 4.24. The van der Waals surface area contributed by atoms with Gasteiger partial charge in [-0.1, -0.05) is 30.3 Å². The summed E-state index contributed by atoms with van der Waals surface area (Å²) in [5, 5.41) is 3.52. The molecule has 2 aromatic rings. The molecule has 0 spiro atoms. The van der Waals surface area contributed by atoms with Crippen molar-refractivity contribution in [1.29, 1.82) is 0 Å². The van der Waals surface area contributed by atoms with Crippen molar-refractivity contribution >= 4 is 0 Å². The van der Waals surface area contributed by atoms with Crippen LogP contribution in [0.2, 0.25) is 0 Å². The second kappa shape index (κ2) is 5.91. The molecule has 0 bridgehead atoms. The number of hydrogen-bond donors (Lipinski definition) is 0. The first kappa shape index (κ1) is 13.6. The van der Waals surface area contributed by atoms with Crippen molar-refractivity contribution in [3.05, 3.63) is 53.9 Å². The van der Waals surface area contributed by atoms with E-state index in [0.717, 1.165) is 25.3 Å². The summed E-state index contributed by atoms with van der Waals surface area (Å²) in [6, 6.07) is 11.0. The highest BCUT2D eigenvalue weighted by atomic mass is 19.4. The minimum absolute atomic E-state index is 0.517. The summed E-state index contributed by atoms with van der Waals surface area (Å²) in [5.74, 6) is 0. The zero-order valence-electron chi connectivity index (χ0n) is 10.4. The van der Waals surface area contributed by atoms with Crippen LogP contribution in [-0.4, -0.2) is 9.78 Å². The largest absolute Gasteiger partial charge is 0.435 e. The van der Waals surface area contributed by atoms with E-state index in [9.17, 15) is 13.2 Å². The lowest BCUT2D eigenvalue weighted by Gasteiger charge is -2.03. The van der Waals surface area contributed by atoms with Gasteiger partial charge >= 0.3 is 6.18 Å². The highest BCUT2D eigenvalue weighted by Crippen LogP contribution is 2.27. The number of nitrogens with zero attached hydrogens (tertiary/aromatic N) is 2. The third kappa shape index (κ3) is 4.12. The Hall–Kier alpha value is -1.78. The number of unbranched alkanes of at least 4 members (excludes halogenated alkanes) is 1. The van der Waals surface area contributed by atoms with Gasteiger partial charge in [0.25, 0.3) is 0 Å². The van der Waals surface area contributed by atoms with Crippen LogP contribution in [0, 0.1) is 0 Å². The molecule has 0 fully saturated rings. The Morgan fingerprint density at radius 3 is 2.37 bits per heavy atom. The summed E-state index contributed by atoms with van der Waals surface area (Å²) in [6.07, 6.45) is -0.284. The molecule has 0 aliphatic carbocycles. The molecule has 0 N–H and O–H groups in total. The molecule has 2 rings (SSSR count). The van der Waals surface area contributed by atoms with Gasteiger partial charge in [0.15, 0.2) is 5.69 Å². The third-order valence-corrected chi connectivity index (χ3v) is 2.88. The lowest BCUT2D eigenvalue weighted by atomic mass is 10.1. The Balaban J connectivity index is 1.76. The molecule has 0 amide bonds. The van der Waals surface area contributed by atoms with E-state index in [4.69, 9.17) is 0 Å². The number of aryl methyl sites for hydroxylation is 2. The average Bonchev–Trinajstić information content (AvgIpc) is 2.85. The molecule has 1 heterocycles. The quantitative estimate of drug-likeness (QED) is 0.751. The number of halogens is 3. The molecule has 2 nitrogen and oxygen atoms in total. The molecule has 0 saturated carbocycles. The molecular weight excluding hydrogens is 253 g/mol. The normalized spacial score (nSPS) is 11.7. The summed E-state index contributed by atoms with van der Waals surface area (Å²) < 4.78 is 38.4. The van der Waals surface area contributed by atoms with Gasteiger partial charge < -0.3 is 0 Å². The van der Waals surface area contributed by atoms with Gasteiger partial charge in [0.1, 0.15) is 0 Å². The first-order valence-electron chi connectivity index (χ1n) is 6.20. The lowest BCUT2D eigenvalue weighted by molar-refractivity contribution is -0.141. The molecule has 0 unspecified atom stereocenters. The SMILES string of the molecule is FC(F)(F)c1ccn(CCCCc2ccccc2)n1. The fourth-order valence-corrected chi connectivity index (χ4v) is 1.89. The number of hydrogen-bond acceptors (Lipinski definition) is 1. The molecule has 0 aliphatic rings. The first-order valence-corrected chi connectivity index (χ1v) is 6.20. The molecule has 19 heavy (non-hydrogen) atoms. The van der Waals surface area contributed by atoms with Crippen molar-refractivity contribution in [2.75, 3.05) is 0 Å². The molecule has 0 atom stereocenters. The van der Waals surface area contributed by atoms with Crippen molar-refractivity contribution in [2.45, 2.75) is 32.0 Å². The van der Waals surface area contributed by atoms with E-state index in [0.29, 0.717) is 6.54 Å². The second-order valence-corrected chi connectivity index (χ2v) is 4.40. The van der Waals surface area contributed by atoms with Crippen LogP contribution in [-0.2, 0) is 19.1 Å². The zero-order chi connectivity index (χ0) is 13.7. The van der Waals surface area contributed by atoms with E-state index in [1.165, 1.54) is 16.4 Å². The Morgan fingerprint density at radius 1 is 1.00 bits per heavy atom. The summed E-state index contributed by atoms with van der Waals surface area (Å²) >= 11 is 0. The van der Waals surface area contributed by atoms with Crippen LogP contribution >= 0.6 is 0 Å². The molecule has 0 radical (unpaired) electrons. The van der Waals surface area contributed by atoms with Crippen molar-refractivity contribution in [2.24, 2.45) is 0 Å². The van der Waals surface area contributed by atoms with Gasteiger partial charge in [-0.05, 0) is 30.9 Å². The van der Waals surface area contributed by atoms with E-state index in [1.54, 1.807) is 0 Å². The fraction of sp³-hybridized carbons (Fsp3) is 0.357. The van der Waals surface area contributed by atoms with Crippen LogP contribution in [0.3, 0.4) is 0 Å². The van der Waals surface area contributed by atoms with Crippen LogP contribution in [0.1, 0.15) is 24.1 Å². The second-order valence-electron chi connectivity index (χ2n) is 4.40. The Labute approximate surface area is 109 Å². The number of benzene rings is 1. The zero-order valence-corrected chi connectivity index (χ0v) is 10.4. The van der Waals surface area contributed by atoms with Gasteiger partial charge in [-0.2, -0.15) is 18.3 Å². The highest BCUT2D eigenvalue weighted by molar-refractivity contribution is 5.14. The van der Waals surface area contributed by atoms with E-state index in [1.807, 2.05) is 18.2 Å². The molecule has 5 heteroatoms. The molecule has 0 saturated heterocycles. The summed E-state index contributed by atoms with van der Waals surface area (Å²) in [7, 11) is 0. The maximum Gasteiger partial charge on any atom is 0.435 e. The van der Waals surface area contributed by atoms with Crippen LogP contribution in [0.5, 0.6) is 0 Å². The smallest absolute Gasteiger partial charge is 0.272 e. The van der Waals surface area contributed by atoms with Gasteiger partial charge in [0.2, 0.25) is 0 Å². The van der Waals surface area contributed by atoms with Gasteiger partial charge in [0, 0.05) is 12.7 Å². The van der Waals surface area contributed by atoms with E-state index in [-0.39, 0.29) is 0 Å². The Bertz CT molecular complexity index is 503. The third-order valence-electron chi connectivity index (χ3n) is 2.88. The predicted molar refractivity (Wildman–Crippen MR) is 66.6 cm³/mol. The predicted octanol–water partition coefficient (Wildman–Crippen LogP) is 3.92. The lowest BCUT2D eigenvalue weighted by Crippen LogP contribution is -2.08. The molecule has 0 aliphatic heterocycles. The molecular formula is C14H15F3N2. The van der Waals surface area contributed by atoms with Crippen molar-refractivity contribution in [3.8, 4) is 0 Å². The molecule has 1 aromatic carbocycles. The van der Waals surface area contributed by atoms with E-state index < -0.39 is 11.9 Å². The molecule has 102 valence electrons. The first-order chi connectivity index (χ1) is 9.05. The van der Waals surface area contributed by atoms with Crippen molar-refractivity contribution < 1.29 is 13.2 Å². The standard InChI is InChI=1S/C14H15F3N2/c15-14(16,17)13-9-11-19(18-13)10-5-4-8-12-6-2-1-3-7-12/h1-3,6-7,9,11H,4-5,8,10H2. The number of rotatable bonds is 5. The van der Waals surface area contributed by atoms with E-state index >= 15 is 0 Å². The van der Waals surface area contributed by atoms with Crippen LogP contribution in [0.4, 0.5) is 13.2 Å². The summed E-state index contributed by atoms with van der Waals surface area (Å²) in [5.41, 5.74) is 0.425. The monoisotopic (exact) mass is 268 g/mol. The van der Waals surface area contributed by atoms with Crippen LogP contribution in [0.15, 0.2) is 42.6 Å². The van der Waals surface area contributed by atoms with Gasteiger partial charge in [-0.15, -0.1) is 0 Å². The average molecular weight is 268 g/mol. The summed E-state index contributed by atoms with van der Waals surface area (Å²) in [4.78, 5) is 0. The van der Waals surface area contributed by atoms with Crippen LogP contribution < -0.4 is 0 Å². The molecule has 1 aromatic heterocycles. The summed E-state index contributed by atoms with van der Waals surface area (Å²) in [6.45, 7) is 0.517. The minimum Gasteiger partial charge on any atom is -0.272 e. The van der Waals surface area contributed by atoms with Crippen molar-refractivity contribution in [1.82, 2.24) is 9.78 Å². The van der Waals surface area contributed by atoms with Gasteiger partial charge in [-0.25, -0.2) is 0 Å². The van der Waals surface area contributed by atoms with Crippen molar-refractivity contribution in [3.63, 3.8) is 0 Å².